The summed E-state index contributed by atoms with van der Waals surface area (Å²) in [5.41, 5.74) is 3.60. The number of carbonyl (C=O) groups excluding carboxylic acids is 1. The van der Waals surface area contributed by atoms with Gasteiger partial charge in [-0.1, -0.05) is 18.2 Å². The second-order valence-electron chi connectivity index (χ2n) is 6.37. The Kier molecular flexibility index (Phi) is 4.86. The van der Waals surface area contributed by atoms with Gasteiger partial charge >= 0.3 is 6.03 Å². The molecule has 5 heteroatoms. The van der Waals surface area contributed by atoms with Crippen LogP contribution >= 0.6 is 0 Å². The Morgan fingerprint density at radius 1 is 1.35 bits per heavy atom. The van der Waals surface area contributed by atoms with E-state index < -0.39 is 0 Å². The zero-order valence-electron chi connectivity index (χ0n) is 13.6. The molecule has 2 aromatic rings. The van der Waals surface area contributed by atoms with Gasteiger partial charge in [0.15, 0.2) is 0 Å². The number of likely N-dealkylation sites (tertiary alicyclic amines) is 1. The van der Waals surface area contributed by atoms with E-state index in [4.69, 9.17) is 5.11 Å². The molecule has 0 saturated carbocycles. The minimum absolute atomic E-state index is 0.0129. The maximum Gasteiger partial charge on any atom is 0.317 e. The maximum atomic E-state index is 12.2. The van der Waals surface area contributed by atoms with Crippen molar-refractivity contribution in [3.63, 3.8) is 0 Å². The van der Waals surface area contributed by atoms with E-state index in [2.05, 4.69) is 29.4 Å². The normalized spacial score (nSPS) is 16.0. The number of fused-ring (bicyclic) bond motifs is 1. The zero-order valence-corrected chi connectivity index (χ0v) is 13.6. The fraction of sp³-hybridized carbons (Fsp3) is 0.500. The third kappa shape index (κ3) is 3.50. The van der Waals surface area contributed by atoms with Crippen LogP contribution < -0.4 is 5.32 Å². The van der Waals surface area contributed by atoms with Crippen molar-refractivity contribution in [1.29, 1.82) is 0 Å². The number of urea groups is 1. The highest BCUT2D eigenvalue weighted by molar-refractivity contribution is 5.84. The molecule has 1 aromatic heterocycles. The second-order valence-corrected chi connectivity index (χ2v) is 6.37. The van der Waals surface area contributed by atoms with Crippen LogP contribution in [0.1, 0.15) is 24.1 Å². The molecule has 1 aromatic carbocycles. The van der Waals surface area contributed by atoms with Crippen molar-refractivity contribution in [2.24, 2.45) is 5.92 Å². The molecule has 2 amide bonds. The minimum Gasteiger partial charge on any atom is -0.396 e. The first-order chi connectivity index (χ1) is 11.2. The molecule has 1 aliphatic rings. The minimum atomic E-state index is 0.0129. The number of H-pyrrole nitrogens is 1. The van der Waals surface area contributed by atoms with Crippen molar-refractivity contribution in [3.8, 4) is 0 Å². The van der Waals surface area contributed by atoms with Crippen LogP contribution in [0.3, 0.4) is 0 Å². The second kappa shape index (κ2) is 7.04. The number of aliphatic hydroxyl groups excluding tert-OH is 1. The van der Waals surface area contributed by atoms with E-state index >= 15 is 0 Å². The molecule has 23 heavy (non-hydrogen) atoms. The Labute approximate surface area is 136 Å². The Bertz CT molecular complexity index is 672. The first-order valence-corrected chi connectivity index (χ1v) is 8.39. The molecule has 124 valence electrons. The van der Waals surface area contributed by atoms with Gasteiger partial charge in [-0.05, 0) is 43.7 Å². The molecule has 1 saturated heterocycles. The number of carbonyl (C=O) groups is 1. The monoisotopic (exact) mass is 315 g/mol. The third-order valence-corrected chi connectivity index (χ3v) is 4.84. The SMILES string of the molecule is Cc1[nH]c2ccccc2c1CCNC(=O)N1CCC(CO)CC1. The molecule has 3 N–H and O–H groups in total. The first kappa shape index (κ1) is 15.9. The smallest absolute Gasteiger partial charge is 0.317 e. The van der Waals surface area contributed by atoms with Crippen LogP contribution in [0.5, 0.6) is 0 Å². The number of aromatic amines is 1. The Hall–Kier alpha value is -2.01. The number of piperidine rings is 1. The Morgan fingerprint density at radius 3 is 2.83 bits per heavy atom. The maximum absolute atomic E-state index is 12.2. The van der Waals surface area contributed by atoms with E-state index in [1.165, 1.54) is 16.6 Å². The van der Waals surface area contributed by atoms with Gasteiger partial charge in [-0.15, -0.1) is 0 Å². The average Bonchev–Trinajstić information content (AvgIpc) is 2.90. The van der Waals surface area contributed by atoms with Gasteiger partial charge in [-0.25, -0.2) is 4.79 Å². The molecule has 0 atom stereocenters. The zero-order chi connectivity index (χ0) is 16.2. The summed E-state index contributed by atoms with van der Waals surface area (Å²) in [6, 6.07) is 8.28. The van der Waals surface area contributed by atoms with E-state index in [1.807, 2.05) is 17.0 Å². The van der Waals surface area contributed by atoms with E-state index in [1.54, 1.807) is 0 Å². The lowest BCUT2D eigenvalue weighted by atomic mass is 9.98. The number of para-hydroxylation sites is 1. The summed E-state index contributed by atoms with van der Waals surface area (Å²) >= 11 is 0. The van der Waals surface area contributed by atoms with Gasteiger partial charge in [-0.2, -0.15) is 0 Å². The van der Waals surface area contributed by atoms with Crippen molar-refractivity contribution in [2.75, 3.05) is 26.2 Å². The highest BCUT2D eigenvalue weighted by Crippen LogP contribution is 2.22. The lowest BCUT2D eigenvalue weighted by Gasteiger charge is -2.31. The molecule has 2 heterocycles. The topological polar surface area (TPSA) is 68.4 Å². The van der Waals surface area contributed by atoms with Gasteiger partial charge in [0, 0.05) is 42.8 Å². The molecule has 0 spiro atoms. The molecular formula is C18H25N3O2. The summed E-state index contributed by atoms with van der Waals surface area (Å²) in [5, 5.41) is 13.4. The van der Waals surface area contributed by atoms with Crippen LogP contribution in [0.4, 0.5) is 4.79 Å². The molecule has 1 fully saturated rings. The molecule has 0 bridgehead atoms. The van der Waals surface area contributed by atoms with Crippen molar-refractivity contribution < 1.29 is 9.90 Å². The predicted molar refractivity (Wildman–Crippen MR) is 91.5 cm³/mol. The van der Waals surface area contributed by atoms with E-state index in [9.17, 15) is 4.79 Å². The number of aryl methyl sites for hydroxylation is 1. The number of benzene rings is 1. The fourth-order valence-electron chi connectivity index (χ4n) is 3.38. The van der Waals surface area contributed by atoms with Crippen molar-refractivity contribution in [1.82, 2.24) is 15.2 Å². The number of rotatable bonds is 4. The molecule has 0 radical (unpaired) electrons. The quantitative estimate of drug-likeness (QED) is 0.811. The number of nitrogens with zero attached hydrogens (tertiary/aromatic N) is 1. The van der Waals surface area contributed by atoms with Crippen molar-refractivity contribution >= 4 is 16.9 Å². The largest absolute Gasteiger partial charge is 0.396 e. The first-order valence-electron chi connectivity index (χ1n) is 8.39. The van der Waals surface area contributed by atoms with Gasteiger partial charge < -0.3 is 20.3 Å². The molecule has 1 aliphatic heterocycles. The number of hydrogen-bond acceptors (Lipinski definition) is 2. The number of amides is 2. The van der Waals surface area contributed by atoms with Crippen LogP contribution in [0.25, 0.3) is 10.9 Å². The molecule has 0 unspecified atom stereocenters. The average molecular weight is 315 g/mol. The van der Waals surface area contributed by atoms with Crippen LogP contribution in [0.15, 0.2) is 24.3 Å². The van der Waals surface area contributed by atoms with Crippen LogP contribution in [-0.2, 0) is 6.42 Å². The number of aromatic nitrogens is 1. The summed E-state index contributed by atoms with van der Waals surface area (Å²) in [6.07, 6.45) is 2.62. The molecule has 3 rings (SSSR count). The van der Waals surface area contributed by atoms with Gasteiger partial charge in [0.25, 0.3) is 0 Å². The van der Waals surface area contributed by atoms with Gasteiger partial charge in [0.1, 0.15) is 0 Å². The fourth-order valence-corrected chi connectivity index (χ4v) is 3.38. The standard InChI is InChI=1S/C18H25N3O2/c1-13-15(16-4-2-3-5-17(16)20-13)6-9-19-18(23)21-10-7-14(12-22)8-11-21/h2-5,14,20,22H,6-12H2,1H3,(H,19,23). The van der Waals surface area contributed by atoms with Gasteiger partial charge in [0.2, 0.25) is 0 Å². The highest BCUT2D eigenvalue weighted by Gasteiger charge is 2.21. The highest BCUT2D eigenvalue weighted by atomic mass is 16.3. The molecule has 0 aliphatic carbocycles. The van der Waals surface area contributed by atoms with Gasteiger partial charge in [0.05, 0.1) is 0 Å². The Balaban J connectivity index is 1.53. The summed E-state index contributed by atoms with van der Waals surface area (Å²) in [6.45, 7) is 4.43. The third-order valence-electron chi connectivity index (χ3n) is 4.84. The number of nitrogens with one attached hydrogen (secondary N) is 2. The summed E-state index contributed by atoms with van der Waals surface area (Å²) in [7, 11) is 0. The van der Waals surface area contributed by atoms with Crippen molar-refractivity contribution in [2.45, 2.75) is 26.2 Å². The van der Waals surface area contributed by atoms with Crippen LogP contribution in [0.2, 0.25) is 0 Å². The van der Waals surface area contributed by atoms with Crippen LogP contribution in [0, 0.1) is 12.8 Å². The lowest BCUT2D eigenvalue weighted by Crippen LogP contribution is -2.45. The predicted octanol–water partition coefficient (Wildman–Crippen LogP) is 2.43. The molecule has 5 nitrogen and oxygen atoms in total. The summed E-state index contributed by atoms with van der Waals surface area (Å²) in [4.78, 5) is 17.5. The van der Waals surface area contributed by atoms with E-state index in [0.717, 1.165) is 37.9 Å². The van der Waals surface area contributed by atoms with E-state index in [-0.39, 0.29) is 12.6 Å². The van der Waals surface area contributed by atoms with Gasteiger partial charge in [-0.3, -0.25) is 0 Å². The number of aliphatic hydroxyl groups is 1. The van der Waals surface area contributed by atoms with Crippen molar-refractivity contribution in [3.05, 3.63) is 35.5 Å². The number of hydrogen-bond donors (Lipinski definition) is 3. The van der Waals surface area contributed by atoms with Crippen LogP contribution in [-0.4, -0.2) is 47.3 Å². The van der Waals surface area contributed by atoms with E-state index in [0.29, 0.717) is 12.5 Å². The summed E-state index contributed by atoms with van der Waals surface area (Å²) in [5.74, 6) is 0.355. The molecular weight excluding hydrogens is 290 g/mol. The lowest BCUT2D eigenvalue weighted by molar-refractivity contribution is 0.137. The Morgan fingerprint density at radius 2 is 2.09 bits per heavy atom. The summed E-state index contributed by atoms with van der Waals surface area (Å²) < 4.78 is 0.